The monoisotopic (exact) mass is 232 g/mol. The van der Waals surface area contributed by atoms with Gasteiger partial charge in [0.25, 0.3) is 0 Å². The highest BCUT2D eigenvalue weighted by Gasteiger charge is 2.11. The van der Waals surface area contributed by atoms with Gasteiger partial charge in [0.1, 0.15) is 5.82 Å². The van der Waals surface area contributed by atoms with Gasteiger partial charge in [-0.05, 0) is 44.9 Å². The average Bonchev–Trinajstić information content (AvgIpc) is 2.24. The Morgan fingerprint density at radius 3 is 2.59 bits per heavy atom. The normalized spacial score (nSPS) is 10.9. The lowest BCUT2D eigenvalue weighted by Crippen LogP contribution is -2.04. The molecule has 0 aliphatic heterocycles. The molecular formula is C14H17FN2. The van der Waals surface area contributed by atoms with Crippen LogP contribution in [0.1, 0.15) is 23.7 Å². The molecule has 0 aliphatic carbocycles. The molecule has 0 spiro atoms. The van der Waals surface area contributed by atoms with E-state index < -0.39 is 0 Å². The van der Waals surface area contributed by atoms with E-state index >= 15 is 0 Å². The zero-order chi connectivity index (χ0) is 12.6. The summed E-state index contributed by atoms with van der Waals surface area (Å²) in [5.41, 5.74) is 4.80. The molecule has 3 heteroatoms. The Hall–Kier alpha value is -1.64. The van der Waals surface area contributed by atoms with Crippen LogP contribution in [0.2, 0.25) is 0 Å². The summed E-state index contributed by atoms with van der Waals surface area (Å²) < 4.78 is 13.4. The van der Waals surface area contributed by atoms with E-state index in [0.717, 1.165) is 40.0 Å². The molecule has 2 rings (SSSR count). The highest BCUT2D eigenvalue weighted by molar-refractivity contribution is 5.96. The molecule has 90 valence electrons. The van der Waals surface area contributed by atoms with E-state index in [1.54, 1.807) is 6.07 Å². The number of benzene rings is 1. The molecule has 1 aromatic heterocycles. The summed E-state index contributed by atoms with van der Waals surface area (Å²) in [6.07, 6.45) is 0. The van der Waals surface area contributed by atoms with Crippen molar-refractivity contribution in [3.63, 3.8) is 0 Å². The third kappa shape index (κ3) is 1.97. The van der Waals surface area contributed by atoms with E-state index in [2.05, 4.69) is 17.2 Å². The molecule has 0 radical (unpaired) electrons. The zero-order valence-corrected chi connectivity index (χ0v) is 10.7. The number of hydrogen-bond donors (Lipinski definition) is 1. The lowest BCUT2D eigenvalue weighted by molar-refractivity contribution is 0.628. The van der Waals surface area contributed by atoms with Crippen molar-refractivity contribution >= 4 is 16.6 Å². The summed E-state index contributed by atoms with van der Waals surface area (Å²) in [7, 11) is 0. The van der Waals surface area contributed by atoms with Crippen molar-refractivity contribution in [2.45, 2.75) is 27.7 Å². The lowest BCUT2D eigenvalue weighted by Gasteiger charge is -2.15. The van der Waals surface area contributed by atoms with Gasteiger partial charge in [-0.1, -0.05) is 0 Å². The van der Waals surface area contributed by atoms with E-state index in [-0.39, 0.29) is 5.82 Å². The molecule has 17 heavy (non-hydrogen) atoms. The van der Waals surface area contributed by atoms with Crippen molar-refractivity contribution in [3.8, 4) is 0 Å². The maximum absolute atomic E-state index is 13.4. The van der Waals surface area contributed by atoms with Crippen LogP contribution in [0.3, 0.4) is 0 Å². The molecule has 0 amide bonds. The molecular weight excluding hydrogens is 215 g/mol. The fourth-order valence-corrected chi connectivity index (χ4v) is 2.17. The molecule has 2 nitrogen and oxygen atoms in total. The number of anilines is 1. The van der Waals surface area contributed by atoms with Crippen molar-refractivity contribution in [1.82, 2.24) is 4.98 Å². The molecule has 0 unspecified atom stereocenters. The van der Waals surface area contributed by atoms with Gasteiger partial charge in [-0.15, -0.1) is 0 Å². The minimum atomic E-state index is -0.229. The van der Waals surface area contributed by atoms with Crippen molar-refractivity contribution in [1.29, 1.82) is 0 Å². The van der Waals surface area contributed by atoms with Crippen LogP contribution >= 0.6 is 0 Å². The zero-order valence-electron chi connectivity index (χ0n) is 10.7. The third-order valence-electron chi connectivity index (χ3n) is 3.09. The first-order valence-corrected chi connectivity index (χ1v) is 5.85. The smallest absolute Gasteiger partial charge is 0.125 e. The minimum Gasteiger partial charge on any atom is -0.384 e. The third-order valence-corrected chi connectivity index (χ3v) is 3.09. The van der Waals surface area contributed by atoms with Crippen LogP contribution in [-0.4, -0.2) is 11.5 Å². The molecule has 0 saturated heterocycles. The van der Waals surface area contributed by atoms with Gasteiger partial charge < -0.3 is 5.32 Å². The highest BCUT2D eigenvalue weighted by atomic mass is 19.1. The Morgan fingerprint density at radius 2 is 1.94 bits per heavy atom. The molecule has 0 fully saturated rings. The average molecular weight is 232 g/mol. The van der Waals surface area contributed by atoms with Crippen LogP contribution in [0.15, 0.2) is 12.1 Å². The predicted molar refractivity (Wildman–Crippen MR) is 70.1 cm³/mol. The lowest BCUT2D eigenvalue weighted by atomic mass is 10.0. The molecule has 0 bridgehead atoms. The van der Waals surface area contributed by atoms with Crippen LogP contribution in [0.25, 0.3) is 10.9 Å². The molecule has 0 saturated carbocycles. The Kier molecular flexibility index (Phi) is 3.01. The molecule has 0 aliphatic rings. The van der Waals surface area contributed by atoms with E-state index in [0.29, 0.717) is 0 Å². The van der Waals surface area contributed by atoms with Crippen molar-refractivity contribution in [3.05, 3.63) is 34.8 Å². The number of fused-ring (bicyclic) bond motifs is 1. The first-order valence-electron chi connectivity index (χ1n) is 5.85. The van der Waals surface area contributed by atoms with Gasteiger partial charge in [0.05, 0.1) is 5.52 Å². The maximum Gasteiger partial charge on any atom is 0.125 e. The molecule has 1 N–H and O–H groups in total. The standard InChI is InChI=1S/C14H17FN2/c1-5-16-14-9(3)10(4)17-12-7-11(15)6-8(2)13(12)14/h6-7H,5H2,1-4H3,(H,16,17). The summed E-state index contributed by atoms with van der Waals surface area (Å²) in [4.78, 5) is 4.46. The number of aryl methyl sites for hydroxylation is 2. The summed E-state index contributed by atoms with van der Waals surface area (Å²) in [5, 5.41) is 4.38. The quantitative estimate of drug-likeness (QED) is 0.853. The summed E-state index contributed by atoms with van der Waals surface area (Å²) in [6, 6.07) is 3.05. The van der Waals surface area contributed by atoms with Gasteiger partial charge >= 0.3 is 0 Å². The van der Waals surface area contributed by atoms with Crippen LogP contribution in [0.5, 0.6) is 0 Å². The predicted octanol–water partition coefficient (Wildman–Crippen LogP) is 3.73. The van der Waals surface area contributed by atoms with E-state index in [9.17, 15) is 4.39 Å². The Bertz CT molecular complexity index is 576. The summed E-state index contributed by atoms with van der Waals surface area (Å²) in [5.74, 6) is -0.229. The van der Waals surface area contributed by atoms with Gasteiger partial charge in [-0.2, -0.15) is 0 Å². The van der Waals surface area contributed by atoms with Crippen LogP contribution in [-0.2, 0) is 0 Å². The van der Waals surface area contributed by atoms with Crippen LogP contribution in [0, 0.1) is 26.6 Å². The number of halogens is 1. The number of nitrogens with one attached hydrogen (secondary N) is 1. The van der Waals surface area contributed by atoms with Gasteiger partial charge in [0.2, 0.25) is 0 Å². The minimum absolute atomic E-state index is 0.229. The van der Waals surface area contributed by atoms with Gasteiger partial charge in [-0.25, -0.2) is 4.39 Å². The van der Waals surface area contributed by atoms with Crippen molar-refractivity contribution < 1.29 is 4.39 Å². The Labute approximate surface area is 101 Å². The van der Waals surface area contributed by atoms with E-state index in [4.69, 9.17) is 0 Å². The largest absolute Gasteiger partial charge is 0.384 e. The molecule has 2 aromatic rings. The van der Waals surface area contributed by atoms with Crippen molar-refractivity contribution in [2.75, 3.05) is 11.9 Å². The number of pyridine rings is 1. The van der Waals surface area contributed by atoms with Crippen LogP contribution in [0.4, 0.5) is 10.1 Å². The van der Waals surface area contributed by atoms with Gasteiger partial charge in [-0.3, -0.25) is 4.98 Å². The summed E-state index contributed by atoms with van der Waals surface area (Å²) >= 11 is 0. The maximum atomic E-state index is 13.4. The van der Waals surface area contributed by atoms with Gasteiger partial charge in [0.15, 0.2) is 0 Å². The van der Waals surface area contributed by atoms with E-state index in [1.165, 1.54) is 6.07 Å². The second kappa shape index (κ2) is 4.32. The topological polar surface area (TPSA) is 24.9 Å². The molecule has 0 atom stereocenters. The fourth-order valence-electron chi connectivity index (χ4n) is 2.17. The first-order chi connectivity index (χ1) is 8.04. The number of rotatable bonds is 2. The van der Waals surface area contributed by atoms with Gasteiger partial charge in [0, 0.05) is 29.4 Å². The Balaban J connectivity index is 2.87. The second-order valence-electron chi connectivity index (χ2n) is 4.34. The fraction of sp³-hybridized carbons (Fsp3) is 0.357. The number of hydrogen-bond acceptors (Lipinski definition) is 2. The Morgan fingerprint density at radius 1 is 1.24 bits per heavy atom. The molecule has 1 heterocycles. The summed E-state index contributed by atoms with van der Waals surface area (Å²) in [6.45, 7) is 8.82. The highest BCUT2D eigenvalue weighted by Crippen LogP contribution is 2.30. The number of aromatic nitrogens is 1. The SMILES string of the molecule is CCNc1c(C)c(C)nc2cc(F)cc(C)c12. The molecule has 1 aromatic carbocycles. The number of nitrogens with zero attached hydrogens (tertiary/aromatic N) is 1. The van der Waals surface area contributed by atoms with Crippen molar-refractivity contribution in [2.24, 2.45) is 0 Å². The first kappa shape index (κ1) is 11.8. The van der Waals surface area contributed by atoms with Crippen LogP contribution < -0.4 is 5.32 Å². The van der Waals surface area contributed by atoms with E-state index in [1.807, 2.05) is 20.8 Å². The second-order valence-corrected chi connectivity index (χ2v) is 4.34.